The highest BCUT2D eigenvalue weighted by atomic mass is 32.2. The first-order valence-electron chi connectivity index (χ1n) is 9.85. The van der Waals surface area contributed by atoms with Gasteiger partial charge in [0.15, 0.2) is 0 Å². The minimum atomic E-state index is 0.259. The predicted molar refractivity (Wildman–Crippen MR) is 96.9 cm³/mol. The molecule has 1 aliphatic heterocycles. The SMILES string of the molecule is O=C(COC1CCCCC1)N(CC1CCCS1)C1CCCCC1. The highest BCUT2D eigenvalue weighted by molar-refractivity contribution is 8.00. The Bertz CT molecular complexity index is 358. The zero-order valence-electron chi connectivity index (χ0n) is 14.5. The fourth-order valence-corrected chi connectivity index (χ4v) is 5.62. The van der Waals surface area contributed by atoms with E-state index >= 15 is 0 Å². The summed E-state index contributed by atoms with van der Waals surface area (Å²) in [5, 5.41) is 0.663. The third-order valence-corrected chi connectivity index (χ3v) is 7.14. The lowest BCUT2D eigenvalue weighted by atomic mass is 9.94. The number of rotatable bonds is 6. The van der Waals surface area contributed by atoms with Gasteiger partial charge in [0, 0.05) is 17.8 Å². The molecule has 1 atom stereocenters. The number of amides is 1. The second-order valence-corrected chi connectivity index (χ2v) is 8.95. The molecule has 1 amide bonds. The van der Waals surface area contributed by atoms with Crippen molar-refractivity contribution in [2.45, 2.75) is 94.4 Å². The Morgan fingerprint density at radius 2 is 1.61 bits per heavy atom. The second-order valence-electron chi connectivity index (χ2n) is 7.54. The number of carbonyl (C=O) groups excluding carboxylic acids is 1. The summed E-state index contributed by atoms with van der Waals surface area (Å²) in [4.78, 5) is 15.1. The topological polar surface area (TPSA) is 29.5 Å². The third-order valence-electron chi connectivity index (χ3n) is 5.75. The van der Waals surface area contributed by atoms with Gasteiger partial charge in [0.25, 0.3) is 0 Å². The predicted octanol–water partition coefficient (Wildman–Crippen LogP) is 4.39. The molecule has 3 aliphatic rings. The number of nitrogens with zero attached hydrogens (tertiary/aromatic N) is 1. The molecule has 0 aromatic rings. The molecule has 0 radical (unpaired) electrons. The molecular formula is C19H33NO2S. The molecule has 3 fully saturated rings. The van der Waals surface area contributed by atoms with Crippen molar-refractivity contribution < 1.29 is 9.53 Å². The number of thioether (sulfide) groups is 1. The standard InChI is InChI=1S/C19H33NO2S/c21-19(15-22-17-10-5-2-6-11-17)20(14-18-12-7-13-23-18)16-8-3-1-4-9-16/h16-18H,1-15H2. The van der Waals surface area contributed by atoms with Crippen LogP contribution in [0.15, 0.2) is 0 Å². The van der Waals surface area contributed by atoms with E-state index in [4.69, 9.17) is 4.74 Å². The van der Waals surface area contributed by atoms with E-state index in [2.05, 4.69) is 16.7 Å². The number of carbonyl (C=O) groups is 1. The maximum Gasteiger partial charge on any atom is 0.248 e. The van der Waals surface area contributed by atoms with Crippen molar-refractivity contribution in [3.05, 3.63) is 0 Å². The monoisotopic (exact) mass is 339 g/mol. The molecule has 2 saturated carbocycles. The van der Waals surface area contributed by atoms with Crippen LogP contribution in [0.5, 0.6) is 0 Å². The lowest BCUT2D eigenvalue weighted by Crippen LogP contribution is -2.46. The van der Waals surface area contributed by atoms with E-state index in [1.807, 2.05) is 0 Å². The van der Waals surface area contributed by atoms with Crippen LogP contribution in [0.4, 0.5) is 0 Å². The van der Waals surface area contributed by atoms with Crippen LogP contribution in [0.3, 0.4) is 0 Å². The van der Waals surface area contributed by atoms with Crippen LogP contribution in [-0.4, -0.2) is 47.1 Å². The van der Waals surface area contributed by atoms with Gasteiger partial charge in [-0.3, -0.25) is 4.79 Å². The van der Waals surface area contributed by atoms with Gasteiger partial charge in [-0.25, -0.2) is 0 Å². The van der Waals surface area contributed by atoms with Gasteiger partial charge in [-0.2, -0.15) is 11.8 Å². The molecule has 3 nitrogen and oxygen atoms in total. The van der Waals surface area contributed by atoms with E-state index in [0.29, 0.717) is 24.0 Å². The average Bonchev–Trinajstić information content (AvgIpc) is 3.12. The molecule has 132 valence electrons. The molecule has 3 rings (SSSR count). The first-order valence-corrected chi connectivity index (χ1v) is 10.9. The minimum Gasteiger partial charge on any atom is -0.368 e. The zero-order valence-corrected chi connectivity index (χ0v) is 15.3. The van der Waals surface area contributed by atoms with Gasteiger partial charge in [0.1, 0.15) is 6.61 Å². The summed E-state index contributed by atoms with van der Waals surface area (Å²) in [5.41, 5.74) is 0. The first-order chi connectivity index (χ1) is 11.3. The highest BCUT2D eigenvalue weighted by Gasteiger charge is 2.29. The molecule has 23 heavy (non-hydrogen) atoms. The number of ether oxygens (including phenoxy) is 1. The molecule has 1 saturated heterocycles. The number of hydrogen-bond acceptors (Lipinski definition) is 3. The van der Waals surface area contributed by atoms with Gasteiger partial charge >= 0.3 is 0 Å². The van der Waals surface area contributed by atoms with Gasteiger partial charge in [0.2, 0.25) is 5.91 Å². The molecule has 0 spiro atoms. The van der Waals surface area contributed by atoms with Crippen LogP contribution in [0.25, 0.3) is 0 Å². The molecular weight excluding hydrogens is 306 g/mol. The van der Waals surface area contributed by atoms with E-state index in [9.17, 15) is 4.79 Å². The average molecular weight is 340 g/mol. The summed E-state index contributed by atoms with van der Waals surface area (Å²) in [6, 6.07) is 0.479. The van der Waals surface area contributed by atoms with Crippen LogP contribution in [0.1, 0.15) is 77.0 Å². The van der Waals surface area contributed by atoms with Crippen molar-refractivity contribution >= 4 is 17.7 Å². The molecule has 0 aromatic heterocycles. The van der Waals surface area contributed by atoms with Gasteiger partial charge in [-0.15, -0.1) is 0 Å². The molecule has 0 N–H and O–H groups in total. The summed E-state index contributed by atoms with van der Waals surface area (Å²) in [6.45, 7) is 1.28. The van der Waals surface area contributed by atoms with Crippen LogP contribution in [0, 0.1) is 0 Å². The quantitative estimate of drug-likeness (QED) is 0.718. The Kier molecular flexibility index (Phi) is 7.12. The van der Waals surface area contributed by atoms with Crippen molar-refractivity contribution in [1.82, 2.24) is 4.90 Å². The van der Waals surface area contributed by atoms with Gasteiger partial charge in [0.05, 0.1) is 6.10 Å². The second kappa shape index (κ2) is 9.31. The smallest absolute Gasteiger partial charge is 0.248 e. The Morgan fingerprint density at radius 1 is 0.913 bits per heavy atom. The van der Waals surface area contributed by atoms with Gasteiger partial charge in [-0.1, -0.05) is 38.5 Å². The largest absolute Gasteiger partial charge is 0.368 e. The first kappa shape index (κ1) is 17.6. The maximum absolute atomic E-state index is 12.9. The van der Waals surface area contributed by atoms with E-state index in [-0.39, 0.29) is 5.91 Å². The van der Waals surface area contributed by atoms with Crippen molar-refractivity contribution in [3.63, 3.8) is 0 Å². The Balaban J connectivity index is 1.52. The highest BCUT2D eigenvalue weighted by Crippen LogP contribution is 2.30. The molecule has 2 aliphatic carbocycles. The fourth-order valence-electron chi connectivity index (χ4n) is 4.36. The van der Waals surface area contributed by atoms with Crippen LogP contribution >= 0.6 is 11.8 Å². The minimum absolute atomic E-state index is 0.259. The summed E-state index contributed by atoms with van der Waals surface area (Å²) in [5.74, 6) is 1.53. The van der Waals surface area contributed by atoms with Crippen molar-refractivity contribution in [3.8, 4) is 0 Å². The summed E-state index contributed by atoms with van der Waals surface area (Å²) >= 11 is 2.06. The molecule has 1 heterocycles. The van der Waals surface area contributed by atoms with Crippen LogP contribution < -0.4 is 0 Å². The maximum atomic E-state index is 12.9. The zero-order chi connectivity index (χ0) is 15.9. The molecule has 0 aromatic carbocycles. The van der Waals surface area contributed by atoms with Crippen LogP contribution in [0.2, 0.25) is 0 Å². The molecule has 4 heteroatoms. The Labute approximate surface area is 145 Å². The van der Waals surface area contributed by atoms with E-state index < -0.39 is 0 Å². The fraction of sp³-hybridized carbons (Fsp3) is 0.947. The molecule has 0 bridgehead atoms. The van der Waals surface area contributed by atoms with E-state index in [0.717, 1.165) is 19.4 Å². The summed E-state index contributed by atoms with van der Waals surface area (Å²) in [6.07, 6.45) is 15.4. The lowest BCUT2D eigenvalue weighted by molar-refractivity contribution is -0.141. The lowest BCUT2D eigenvalue weighted by Gasteiger charge is -2.36. The third kappa shape index (κ3) is 5.38. The van der Waals surface area contributed by atoms with Crippen molar-refractivity contribution in [2.75, 3.05) is 18.9 Å². The Hall–Kier alpha value is -0.220. The number of hydrogen-bond donors (Lipinski definition) is 0. The van der Waals surface area contributed by atoms with Gasteiger partial charge < -0.3 is 9.64 Å². The Morgan fingerprint density at radius 3 is 2.26 bits per heavy atom. The summed E-state index contributed by atoms with van der Waals surface area (Å²) < 4.78 is 5.98. The van der Waals surface area contributed by atoms with E-state index in [1.54, 1.807) is 0 Å². The molecule has 1 unspecified atom stereocenters. The van der Waals surface area contributed by atoms with Crippen molar-refractivity contribution in [2.24, 2.45) is 0 Å². The van der Waals surface area contributed by atoms with Crippen molar-refractivity contribution in [1.29, 1.82) is 0 Å². The van der Waals surface area contributed by atoms with Gasteiger partial charge in [-0.05, 0) is 44.3 Å². The van der Waals surface area contributed by atoms with Crippen LogP contribution in [-0.2, 0) is 9.53 Å². The normalized spacial score (nSPS) is 27.2. The van der Waals surface area contributed by atoms with E-state index in [1.165, 1.54) is 70.0 Å². The summed E-state index contributed by atoms with van der Waals surface area (Å²) in [7, 11) is 0.